The topological polar surface area (TPSA) is 117 Å². The zero-order chi connectivity index (χ0) is 20.2. The lowest BCUT2D eigenvalue weighted by molar-refractivity contribution is -0.121. The van der Waals surface area contributed by atoms with Crippen LogP contribution in [0.3, 0.4) is 0 Å². The standard InChI is InChI=1S/C17H24N4O5S/c1-17(2,3)26-16(23)19-10-9-18-14(22)11-21(4)15-12-7-5-6-8-13(12)27(24,25)20-15/h5-8H,9-11H2,1-4H3,(H,18,22)(H,19,23). The van der Waals surface area contributed by atoms with Crippen LogP contribution in [0.2, 0.25) is 0 Å². The molecular formula is C17H24N4O5S. The van der Waals surface area contributed by atoms with Crippen molar-refractivity contribution in [1.82, 2.24) is 15.5 Å². The maximum atomic E-state index is 12.1. The molecule has 2 rings (SSSR count). The Hall–Kier alpha value is -2.62. The fourth-order valence-electron chi connectivity index (χ4n) is 2.39. The lowest BCUT2D eigenvalue weighted by Gasteiger charge is -2.20. The van der Waals surface area contributed by atoms with Crippen LogP contribution in [0.15, 0.2) is 33.6 Å². The highest BCUT2D eigenvalue weighted by atomic mass is 32.2. The second-order valence-electron chi connectivity index (χ2n) is 7.02. The molecule has 1 aliphatic rings. The van der Waals surface area contributed by atoms with E-state index in [0.717, 1.165) is 0 Å². The number of likely N-dealkylation sites (N-methyl/N-ethyl adjacent to an activating group) is 1. The first kappa shape index (κ1) is 20.7. The average Bonchev–Trinajstić information content (AvgIpc) is 2.82. The largest absolute Gasteiger partial charge is 0.444 e. The first-order valence-electron chi connectivity index (χ1n) is 8.39. The molecule has 1 aromatic carbocycles. The molecule has 0 unspecified atom stereocenters. The zero-order valence-corrected chi connectivity index (χ0v) is 16.6. The maximum Gasteiger partial charge on any atom is 0.407 e. The lowest BCUT2D eigenvalue weighted by Crippen LogP contribution is -2.42. The van der Waals surface area contributed by atoms with Crippen LogP contribution >= 0.6 is 0 Å². The number of sulfonamides is 1. The van der Waals surface area contributed by atoms with Gasteiger partial charge in [-0.05, 0) is 32.9 Å². The molecule has 27 heavy (non-hydrogen) atoms. The second kappa shape index (κ2) is 7.95. The van der Waals surface area contributed by atoms with Gasteiger partial charge in [-0.25, -0.2) is 4.79 Å². The van der Waals surface area contributed by atoms with E-state index in [2.05, 4.69) is 15.0 Å². The first-order valence-corrected chi connectivity index (χ1v) is 9.83. The predicted molar refractivity (Wildman–Crippen MR) is 100 cm³/mol. The molecule has 10 heteroatoms. The van der Waals surface area contributed by atoms with Gasteiger partial charge in [0.25, 0.3) is 10.0 Å². The highest BCUT2D eigenvalue weighted by Crippen LogP contribution is 2.26. The number of ether oxygens (including phenoxy) is 1. The smallest absolute Gasteiger partial charge is 0.407 e. The van der Waals surface area contributed by atoms with Gasteiger partial charge < -0.3 is 20.3 Å². The minimum atomic E-state index is -3.73. The zero-order valence-electron chi connectivity index (χ0n) is 15.8. The number of hydrogen-bond acceptors (Lipinski definition) is 6. The van der Waals surface area contributed by atoms with Gasteiger partial charge in [-0.1, -0.05) is 12.1 Å². The van der Waals surface area contributed by atoms with Gasteiger partial charge in [0.15, 0.2) is 5.84 Å². The average molecular weight is 396 g/mol. The number of carbonyl (C=O) groups excluding carboxylic acids is 2. The van der Waals surface area contributed by atoms with Crippen LogP contribution in [0.25, 0.3) is 0 Å². The summed E-state index contributed by atoms with van der Waals surface area (Å²) in [7, 11) is -2.14. The van der Waals surface area contributed by atoms with Gasteiger partial charge in [0.2, 0.25) is 5.91 Å². The summed E-state index contributed by atoms with van der Waals surface area (Å²) in [6, 6.07) is 6.47. The molecule has 0 spiro atoms. The van der Waals surface area contributed by atoms with E-state index >= 15 is 0 Å². The Morgan fingerprint density at radius 1 is 1.15 bits per heavy atom. The SMILES string of the molecule is CN(CC(=O)NCCNC(=O)OC(C)(C)C)C1=NS(=O)(=O)c2ccccc21. The molecule has 2 N–H and O–H groups in total. The molecule has 0 saturated heterocycles. The van der Waals surface area contributed by atoms with Crippen molar-refractivity contribution >= 4 is 27.9 Å². The second-order valence-corrected chi connectivity index (χ2v) is 8.59. The number of fused-ring (bicyclic) bond motifs is 1. The van der Waals surface area contributed by atoms with E-state index in [9.17, 15) is 18.0 Å². The van der Waals surface area contributed by atoms with Crippen molar-refractivity contribution in [1.29, 1.82) is 0 Å². The molecule has 1 aromatic rings. The number of amides is 2. The van der Waals surface area contributed by atoms with Gasteiger partial charge in [-0.3, -0.25) is 4.79 Å². The Morgan fingerprint density at radius 3 is 2.44 bits per heavy atom. The minimum Gasteiger partial charge on any atom is -0.444 e. The van der Waals surface area contributed by atoms with Crippen molar-refractivity contribution in [3.05, 3.63) is 29.8 Å². The number of nitrogens with one attached hydrogen (secondary N) is 2. The number of alkyl carbamates (subject to hydrolysis) is 1. The molecule has 0 saturated carbocycles. The van der Waals surface area contributed by atoms with E-state index < -0.39 is 21.7 Å². The van der Waals surface area contributed by atoms with E-state index in [1.165, 1.54) is 11.0 Å². The molecule has 148 valence electrons. The van der Waals surface area contributed by atoms with Crippen LogP contribution in [-0.4, -0.2) is 63.4 Å². The highest BCUT2D eigenvalue weighted by molar-refractivity contribution is 7.90. The lowest BCUT2D eigenvalue weighted by atomic mass is 10.2. The summed E-state index contributed by atoms with van der Waals surface area (Å²) >= 11 is 0. The maximum absolute atomic E-state index is 12.1. The third kappa shape index (κ3) is 5.68. The van der Waals surface area contributed by atoms with Crippen LogP contribution < -0.4 is 10.6 Å². The van der Waals surface area contributed by atoms with Crippen molar-refractivity contribution in [2.45, 2.75) is 31.3 Å². The monoisotopic (exact) mass is 396 g/mol. The Labute approximate surface area is 158 Å². The fourth-order valence-corrected chi connectivity index (χ4v) is 3.64. The fraction of sp³-hybridized carbons (Fsp3) is 0.471. The van der Waals surface area contributed by atoms with E-state index in [-0.39, 0.29) is 36.3 Å². The Balaban J connectivity index is 1.82. The van der Waals surface area contributed by atoms with Crippen LogP contribution in [0, 0.1) is 0 Å². The van der Waals surface area contributed by atoms with Gasteiger partial charge in [-0.15, -0.1) is 4.40 Å². The molecule has 1 heterocycles. The summed E-state index contributed by atoms with van der Waals surface area (Å²) in [6.07, 6.45) is -0.559. The summed E-state index contributed by atoms with van der Waals surface area (Å²) < 4.78 is 33.0. The summed E-state index contributed by atoms with van der Waals surface area (Å²) in [5.74, 6) is -0.0967. The van der Waals surface area contributed by atoms with Crippen molar-refractivity contribution in [3.63, 3.8) is 0 Å². The molecular weight excluding hydrogens is 372 g/mol. The number of nitrogens with zero attached hydrogens (tertiary/aromatic N) is 2. The van der Waals surface area contributed by atoms with Gasteiger partial charge in [-0.2, -0.15) is 8.42 Å². The van der Waals surface area contributed by atoms with Crippen LogP contribution in [0.1, 0.15) is 26.3 Å². The number of rotatable bonds is 5. The molecule has 0 bridgehead atoms. The first-order chi connectivity index (χ1) is 12.5. The van der Waals surface area contributed by atoms with Crippen molar-refractivity contribution < 1.29 is 22.7 Å². The number of benzene rings is 1. The van der Waals surface area contributed by atoms with Crippen LogP contribution in [-0.2, 0) is 19.6 Å². The molecule has 9 nitrogen and oxygen atoms in total. The number of carbonyl (C=O) groups is 2. The van der Waals surface area contributed by atoms with Gasteiger partial charge in [0.1, 0.15) is 10.5 Å². The summed E-state index contributed by atoms with van der Waals surface area (Å²) in [5, 5.41) is 5.18. The van der Waals surface area contributed by atoms with E-state index in [4.69, 9.17) is 4.74 Å². The van der Waals surface area contributed by atoms with E-state index in [1.54, 1.807) is 46.0 Å². The molecule has 0 aliphatic carbocycles. The normalized spacial score (nSPS) is 14.7. The number of amidine groups is 1. The third-order valence-electron chi connectivity index (χ3n) is 3.47. The minimum absolute atomic E-state index is 0.0743. The summed E-state index contributed by atoms with van der Waals surface area (Å²) in [5.41, 5.74) is -0.117. The Morgan fingerprint density at radius 2 is 1.78 bits per heavy atom. The molecule has 0 atom stereocenters. The molecule has 0 radical (unpaired) electrons. The van der Waals surface area contributed by atoms with Gasteiger partial charge in [0, 0.05) is 25.7 Å². The van der Waals surface area contributed by atoms with E-state index in [1.807, 2.05) is 0 Å². The molecule has 0 fully saturated rings. The van der Waals surface area contributed by atoms with Crippen molar-refractivity contribution in [2.75, 3.05) is 26.7 Å². The van der Waals surface area contributed by atoms with Crippen LogP contribution in [0.5, 0.6) is 0 Å². The molecule has 1 aliphatic heterocycles. The quantitative estimate of drug-likeness (QED) is 0.708. The highest BCUT2D eigenvalue weighted by Gasteiger charge is 2.30. The third-order valence-corrected chi connectivity index (χ3v) is 4.80. The Bertz CT molecular complexity index is 858. The van der Waals surface area contributed by atoms with Crippen molar-refractivity contribution in [2.24, 2.45) is 4.40 Å². The number of hydrogen-bond donors (Lipinski definition) is 2. The van der Waals surface area contributed by atoms with Crippen molar-refractivity contribution in [3.8, 4) is 0 Å². The predicted octanol–water partition coefficient (Wildman–Crippen LogP) is 0.708. The summed E-state index contributed by atoms with van der Waals surface area (Å²) in [4.78, 5) is 25.2. The van der Waals surface area contributed by atoms with E-state index in [0.29, 0.717) is 5.56 Å². The van der Waals surface area contributed by atoms with Gasteiger partial charge in [0.05, 0.1) is 6.54 Å². The summed E-state index contributed by atoms with van der Waals surface area (Å²) in [6.45, 7) is 5.63. The van der Waals surface area contributed by atoms with Crippen LogP contribution in [0.4, 0.5) is 4.79 Å². The van der Waals surface area contributed by atoms with Gasteiger partial charge >= 0.3 is 6.09 Å². The Kier molecular flexibility index (Phi) is 6.09. The molecule has 2 amide bonds. The molecule has 0 aromatic heterocycles.